The second kappa shape index (κ2) is 8.50. The highest BCUT2D eigenvalue weighted by atomic mass is 16.5. The molecule has 1 aromatic carbocycles. The highest BCUT2D eigenvalue weighted by Crippen LogP contribution is 2.17. The Morgan fingerprint density at radius 3 is 2.79 bits per heavy atom. The van der Waals surface area contributed by atoms with Crippen LogP contribution >= 0.6 is 0 Å². The summed E-state index contributed by atoms with van der Waals surface area (Å²) in [4.78, 5) is 12.0. The van der Waals surface area contributed by atoms with Gasteiger partial charge in [0.1, 0.15) is 12.4 Å². The van der Waals surface area contributed by atoms with E-state index in [2.05, 4.69) is 5.32 Å². The second-order valence-corrected chi connectivity index (χ2v) is 4.36. The average molecular weight is 266 g/mol. The molecule has 5 nitrogen and oxygen atoms in total. The van der Waals surface area contributed by atoms with E-state index < -0.39 is 0 Å². The van der Waals surface area contributed by atoms with Crippen molar-refractivity contribution >= 4 is 5.91 Å². The zero-order valence-corrected chi connectivity index (χ0v) is 11.5. The number of benzene rings is 1. The van der Waals surface area contributed by atoms with E-state index in [9.17, 15) is 4.79 Å². The van der Waals surface area contributed by atoms with Gasteiger partial charge in [0.2, 0.25) is 0 Å². The second-order valence-electron chi connectivity index (χ2n) is 4.36. The SMILES string of the molecule is COCCOc1ccccc1C(=O)NCCC(C)N. The highest BCUT2D eigenvalue weighted by molar-refractivity contribution is 5.96. The van der Waals surface area contributed by atoms with Crippen molar-refractivity contribution < 1.29 is 14.3 Å². The lowest BCUT2D eigenvalue weighted by Crippen LogP contribution is -2.29. The van der Waals surface area contributed by atoms with Gasteiger partial charge in [0.15, 0.2) is 0 Å². The van der Waals surface area contributed by atoms with Crippen LogP contribution in [0.3, 0.4) is 0 Å². The third-order valence-electron chi connectivity index (χ3n) is 2.56. The first-order valence-corrected chi connectivity index (χ1v) is 6.39. The number of nitrogens with two attached hydrogens (primary N) is 1. The molecule has 0 bridgehead atoms. The van der Waals surface area contributed by atoms with E-state index in [1.807, 2.05) is 19.1 Å². The number of rotatable bonds is 8. The van der Waals surface area contributed by atoms with Gasteiger partial charge in [-0.25, -0.2) is 0 Å². The van der Waals surface area contributed by atoms with Crippen molar-refractivity contribution in [3.8, 4) is 5.75 Å². The molecule has 0 saturated heterocycles. The molecule has 0 aliphatic heterocycles. The van der Waals surface area contributed by atoms with Crippen LogP contribution in [-0.4, -0.2) is 38.8 Å². The Hall–Kier alpha value is -1.59. The van der Waals surface area contributed by atoms with Crippen molar-refractivity contribution in [3.63, 3.8) is 0 Å². The van der Waals surface area contributed by atoms with Crippen molar-refractivity contribution in [2.75, 3.05) is 26.9 Å². The first-order chi connectivity index (χ1) is 9.15. The van der Waals surface area contributed by atoms with Crippen LogP contribution in [-0.2, 0) is 4.74 Å². The van der Waals surface area contributed by atoms with E-state index in [0.29, 0.717) is 31.1 Å². The number of hydrogen-bond donors (Lipinski definition) is 2. The molecule has 3 N–H and O–H groups in total. The van der Waals surface area contributed by atoms with Crippen molar-refractivity contribution in [2.45, 2.75) is 19.4 Å². The zero-order valence-electron chi connectivity index (χ0n) is 11.5. The van der Waals surface area contributed by atoms with Crippen LogP contribution in [0.4, 0.5) is 0 Å². The Balaban J connectivity index is 2.57. The quantitative estimate of drug-likeness (QED) is 0.693. The summed E-state index contributed by atoms with van der Waals surface area (Å²) in [5.41, 5.74) is 6.17. The summed E-state index contributed by atoms with van der Waals surface area (Å²) >= 11 is 0. The zero-order chi connectivity index (χ0) is 14.1. The molecule has 1 amide bonds. The summed E-state index contributed by atoms with van der Waals surface area (Å²) in [6.07, 6.45) is 0.748. The third-order valence-corrected chi connectivity index (χ3v) is 2.56. The Kier molecular flexibility index (Phi) is 6.92. The summed E-state index contributed by atoms with van der Waals surface area (Å²) in [5.74, 6) is 0.423. The van der Waals surface area contributed by atoms with Crippen LogP contribution in [0, 0.1) is 0 Å². The van der Waals surface area contributed by atoms with E-state index in [1.54, 1.807) is 19.2 Å². The van der Waals surface area contributed by atoms with Gasteiger partial charge in [-0.3, -0.25) is 4.79 Å². The number of carbonyl (C=O) groups is 1. The largest absolute Gasteiger partial charge is 0.490 e. The summed E-state index contributed by atoms with van der Waals surface area (Å²) in [6, 6.07) is 7.23. The van der Waals surface area contributed by atoms with Gasteiger partial charge < -0.3 is 20.5 Å². The number of hydrogen-bond acceptors (Lipinski definition) is 4. The summed E-state index contributed by atoms with van der Waals surface area (Å²) in [7, 11) is 1.61. The van der Waals surface area contributed by atoms with Gasteiger partial charge in [-0.05, 0) is 25.5 Å². The summed E-state index contributed by atoms with van der Waals surface area (Å²) in [6.45, 7) is 3.37. The van der Waals surface area contributed by atoms with Crippen LogP contribution < -0.4 is 15.8 Å². The minimum atomic E-state index is -0.145. The molecular weight excluding hydrogens is 244 g/mol. The number of para-hydroxylation sites is 1. The normalized spacial score (nSPS) is 11.9. The smallest absolute Gasteiger partial charge is 0.255 e. The predicted octanol–water partition coefficient (Wildman–Crippen LogP) is 1.18. The maximum atomic E-state index is 12.0. The third kappa shape index (κ3) is 5.72. The van der Waals surface area contributed by atoms with E-state index in [4.69, 9.17) is 15.2 Å². The molecular formula is C14H22N2O3. The van der Waals surface area contributed by atoms with E-state index in [1.165, 1.54) is 0 Å². The molecule has 0 aromatic heterocycles. The molecule has 1 atom stereocenters. The maximum absolute atomic E-state index is 12.0. The van der Waals surface area contributed by atoms with Crippen molar-refractivity contribution in [3.05, 3.63) is 29.8 Å². The van der Waals surface area contributed by atoms with Crippen LogP contribution in [0.25, 0.3) is 0 Å². The molecule has 5 heteroatoms. The lowest BCUT2D eigenvalue weighted by molar-refractivity contribution is 0.0945. The molecule has 0 spiro atoms. The highest BCUT2D eigenvalue weighted by Gasteiger charge is 2.11. The fraction of sp³-hybridized carbons (Fsp3) is 0.500. The molecule has 0 heterocycles. The lowest BCUT2D eigenvalue weighted by atomic mass is 10.2. The van der Waals surface area contributed by atoms with Gasteiger partial charge in [-0.15, -0.1) is 0 Å². The van der Waals surface area contributed by atoms with Crippen molar-refractivity contribution in [1.29, 1.82) is 0 Å². The Morgan fingerprint density at radius 1 is 1.37 bits per heavy atom. The van der Waals surface area contributed by atoms with E-state index >= 15 is 0 Å². The summed E-state index contributed by atoms with van der Waals surface area (Å²) in [5, 5.41) is 2.83. The van der Waals surface area contributed by atoms with Crippen molar-refractivity contribution in [2.24, 2.45) is 5.73 Å². The molecule has 1 rings (SSSR count). The topological polar surface area (TPSA) is 73.6 Å². The van der Waals surface area contributed by atoms with Crippen molar-refractivity contribution in [1.82, 2.24) is 5.32 Å². The number of carbonyl (C=O) groups excluding carboxylic acids is 1. The fourth-order valence-corrected chi connectivity index (χ4v) is 1.52. The monoisotopic (exact) mass is 266 g/mol. The molecule has 1 aromatic rings. The fourth-order valence-electron chi connectivity index (χ4n) is 1.52. The van der Waals surface area contributed by atoms with Crippen LogP contribution in [0.1, 0.15) is 23.7 Å². The minimum Gasteiger partial charge on any atom is -0.490 e. The van der Waals surface area contributed by atoms with Crippen LogP contribution in [0.2, 0.25) is 0 Å². The first-order valence-electron chi connectivity index (χ1n) is 6.39. The molecule has 0 aliphatic carbocycles. The van der Waals surface area contributed by atoms with Crippen LogP contribution in [0.5, 0.6) is 5.75 Å². The Morgan fingerprint density at radius 2 is 2.11 bits per heavy atom. The Labute approximate surface area is 114 Å². The van der Waals surface area contributed by atoms with E-state index in [0.717, 1.165) is 6.42 Å². The summed E-state index contributed by atoms with van der Waals surface area (Å²) < 4.78 is 10.4. The molecule has 0 aliphatic rings. The van der Waals surface area contributed by atoms with Gasteiger partial charge >= 0.3 is 0 Å². The molecule has 106 valence electrons. The Bertz CT molecular complexity index is 394. The first kappa shape index (κ1) is 15.5. The molecule has 0 saturated carbocycles. The van der Waals surface area contributed by atoms with Gasteiger partial charge in [0.05, 0.1) is 12.2 Å². The predicted molar refractivity (Wildman–Crippen MR) is 74.4 cm³/mol. The number of amides is 1. The standard InChI is InChI=1S/C14H22N2O3/c1-11(15)7-8-16-14(17)12-5-3-4-6-13(12)19-10-9-18-2/h3-6,11H,7-10,15H2,1-2H3,(H,16,17). The molecule has 19 heavy (non-hydrogen) atoms. The minimum absolute atomic E-state index is 0.0773. The lowest BCUT2D eigenvalue weighted by Gasteiger charge is -2.12. The van der Waals surface area contributed by atoms with Gasteiger partial charge in [0, 0.05) is 19.7 Å². The van der Waals surface area contributed by atoms with E-state index in [-0.39, 0.29) is 11.9 Å². The van der Waals surface area contributed by atoms with Crippen LogP contribution in [0.15, 0.2) is 24.3 Å². The maximum Gasteiger partial charge on any atom is 0.255 e. The molecule has 0 radical (unpaired) electrons. The average Bonchev–Trinajstić information content (AvgIpc) is 2.39. The number of methoxy groups -OCH3 is 1. The number of ether oxygens (including phenoxy) is 2. The molecule has 0 fully saturated rings. The number of nitrogens with one attached hydrogen (secondary N) is 1. The molecule has 1 unspecified atom stereocenters. The van der Waals surface area contributed by atoms with Gasteiger partial charge in [0.25, 0.3) is 5.91 Å². The van der Waals surface area contributed by atoms with Gasteiger partial charge in [-0.1, -0.05) is 12.1 Å². The van der Waals surface area contributed by atoms with Gasteiger partial charge in [-0.2, -0.15) is 0 Å².